The van der Waals surface area contributed by atoms with Gasteiger partial charge in [-0.25, -0.2) is 4.98 Å². The molecule has 0 fully saturated rings. The molecule has 0 saturated carbocycles. The summed E-state index contributed by atoms with van der Waals surface area (Å²) in [5.41, 5.74) is 8.70. The molecule has 0 spiro atoms. The van der Waals surface area contributed by atoms with Crippen LogP contribution in [0.4, 0.5) is 0 Å². The number of amides is 2. The van der Waals surface area contributed by atoms with Gasteiger partial charge in [0.25, 0.3) is 5.91 Å². The summed E-state index contributed by atoms with van der Waals surface area (Å²) >= 11 is 4.64. The van der Waals surface area contributed by atoms with Crippen molar-refractivity contribution in [3.63, 3.8) is 0 Å². The molecule has 2 amide bonds. The third-order valence-corrected chi connectivity index (χ3v) is 8.50. The number of hydrogen-bond acceptors (Lipinski definition) is 7. The van der Waals surface area contributed by atoms with Crippen molar-refractivity contribution in [2.45, 2.75) is 36.3 Å². The second kappa shape index (κ2) is 8.49. The minimum Gasteiger partial charge on any atom is -0.451 e. The van der Waals surface area contributed by atoms with Crippen LogP contribution in [0.3, 0.4) is 0 Å². The fourth-order valence-corrected chi connectivity index (χ4v) is 6.66. The molecule has 0 bridgehead atoms. The van der Waals surface area contributed by atoms with Gasteiger partial charge in [0.05, 0.1) is 4.88 Å². The highest BCUT2D eigenvalue weighted by Crippen LogP contribution is 2.33. The molecular weight excluding hydrogens is 450 g/mol. The smallest absolute Gasteiger partial charge is 0.305 e. The first-order valence-electron chi connectivity index (χ1n) is 9.86. The van der Waals surface area contributed by atoms with Gasteiger partial charge in [-0.3, -0.25) is 20.4 Å². The summed E-state index contributed by atoms with van der Waals surface area (Å²) in [6.45, 7) is 1.96. The second-order valence-electron chi connectivity index (χ2n) is 7.27. The maximum absolute atomic E-state index is 12.9. The van der Waals surface area contributed by atoms with Crippen molar-refractivity contribution in [3.05, 3.63) is 68.0 Å². The van der Waals surface area contributed by atoms with E-state index in [1.165, 1.54) is 21.8 Å². The number of rotatable bonds is 5. The molecule has 6 nitrogen and oxygen atoms in total. The van der Waals surface area contributed by atoms with Gasteiger partial charge in [-0.2, -0.15) is 0 Å². The minimum absolute atomic E-state index is 0.205. The number of furan rings is 1. The molecule has 0 saturated heterocycles. The molecule has 1 aliphatic rings. The fraction of sp³-hybridized carbons (Fsp3) is 0.227. The molecule has 5 rings (SSSR count). The van der Waals surface area contributed by atoms with E-state index in [1.807, 2.05) is 42.6 Å². The van der Waals surface area contributed by atoms with Gasteiger partial charge in [0.1, 0.15) is 9.92 Å². The van der Waals surface area contributed by atoms with E-state index in [9.17, 15) is 9.59 Å². The van der Waals surface area contributed by atoms with Gasteiger partial charge >= 0.3 is 5.91 Å². The molecule has 3 heterocycles. The number of hydrogen-bond donors (Lipinski definition) is 2. The highest BCUT2D eigenvalue weighted by Gasteiger charge is 2.23. The average molecular weight is 470 g/mol. The van der Waals surface area contributed by atoms with Crippen LogP contribution < -0.4 is 10.9 Å². The summed E-state index contributed by atoms with van der Waals surface area (Å²) in [5, 5.41) is 2.88. The summed E-state index contributed by atoms with van der Waals surface area (Å²) < 4.78 is 6.79. The van der Waals surface area contributed by atoms with Crippen LogP contribution in [0.1, 0.15) is 48.3 Å². The van der Waals surface area contributed by atoms with Crippen LogP contribution in [-0.2, 0) is 18.6 Å². The van der Waals surface area contributed by atoms with Crippen LogP contribution >= 0.6 is 34.4 Å². The van der Waals surface area contributed by atoms with Crippen LogP contribution in [0.5, 0.6) is 0 Å². The summed E-state index contributed by atoms with van der Waals surface area (Å²) in [5.74, 6) is -0.0354. The maximum Gasteiger partial charge on any atom is 0.305 e. The van der Waals surface area contributed by atoms with Crippen LogP contribution in [-0.4, -0.2) is 16.8 Å². The Hall–Kier alpha value is -2.62. The summed E-state index contributed by atoms with van der Waals surface area (Å²) in [7, 11) is 0. The molecule has 0 radical (unpaired) electrons. The van der Waals surface area contributed by atoms with E-state index >= 15 is 0 Å². The van der Waals surface area contributed by atoms with E-state index in [4.69, 9.17) is 4.42 Å². The molecule has 3 aromatic heterocycles. The Bertz CT molecular complexity index is 1270. The number of aromatic nitrogens is 1. The van der Waals surface area contributed by atoms with Gasteiger partial charge in [0, 0.05) is 32.7 Å². The Kier molecular flexibility index (Phi) is 5.56. The minimum atomic E-state index is -0.473. The lowest BCUT2D eigenvalue weighted by molar-refractivity contribution is 0.0833. The first-order valence-corrected chi connectivity index (χ1v) is 12.5. The number of hydrazine groups is 1. The number of nitrogens with one attached hydrogen (secondary N) is 2. The summed E-state index contributed by atoms with van der Waals surface area (Å²) in [4.78, 5) is 31.7. The molecular formula is C22H19N3O3S3. The van der Waals surface area contributed by atoms with E-state index in [1.54, 1.807) is 23.1 Å². The zero-order valence-corrected chi connectivity index (χ0v) is 19.1. The van der Waals surface area contributed by atoms with Crippen LogP contribution in [0.25, 0.3) is 11.0 Å². The fourth-order valence-electron chi connectivity index (χ4n) is 3.63. The van der Waals surface area contributed by atoms with Crippen LogP contribution in [0.2, 0.25) is 0 Å². The molecule has 1 aromatic carbocycles. The standard InChI is InChI=1S/C22H19N3O3S3/c1-12-10-29-22(23-12)30-11-15-14-6-2-3-7-16(14)28-19(15)21(27)25-24-20(26)18-9-13-5-4-8-17(13)31-18/h2-3,6-7,9-10H,4-5,8,11H2,1H3,(H,24,26)(H,25,27). The molecule has 1 aliphatic carbocycles. The summed E-state index contributed by atoms with van der Waals surface area (Å²) in [6, 6.07) is 9.48. The molecule has 0 atom stereocenters. The van der Waals surface area contributed by atoms with Crippen molar-refractivity contribution in [2.24, 2.45) is 0 Å². The SMILES string of the molecule is Cc1csc(SCc2c(C(=O)NNC(=O)c3cc4c(s3)CCC4)oc3ccccc23)n1. The molecule has 0 unspecified atom stereocenters. The van der Waals surface area contributed by atoms with Crippen molar-refractivity contribution >= 4 is 57.2 Å². The van der Waals surface area contributed by atoms with Gasteiger partial charge in [-0.15, -0.1) is 22.7 Å². The summed E-state index contributed by atoms with van der Waals surface area (Å²) in [6.07, 6.45) is 3.19. The van der Waals surface area contributed by atoms with E-state index < -0.39 is 5.91 Å². The predicted molar refractivity (Wildman–Crippen MR) is 124 cm³/mol. The number of carbonyl (C=O) groups excluding carboxylic acids is 2. The number of thiophene rings is 1. The number of benzene rings is 1. The van der Waals surface area contributed by atoms with Crippen molar-refractivity contribution in [1.29, 1.82) is 0 Å². The largest absolute Gasteiger partial charge is 0.451 e. The van der Waals surface area contributed by atoms with Gasteiger partial charge in [0.15, 0.2) is 5.76 Å². The Morgan fingerprint density at radius 3 is 2.84 bits per heavy atom. The predicted octanol–water partition coefficient (Wildman–Crippen LogP) is 5.12. The van der Waals surface area contributed by atoms with Gasteiger partial charge in [0.2, 0.25) is 0 Å². The van der Waals surface area contributed by atoms with Crippen LogP contribution in [0, 0.1) is 6.92 Å². The highest BCUT2D eigenvalue weighted by atomic mass is 32.2. The number of thiazole rings is 1. The maximum atomic E-state index is 12.9. The average Bonchev–Trinajstić information content (AvgIpc) is 3.52. The molecule has 31 heavy (non-hydrogen) atoms. The number of fused-ring (bicyclic) bond motifs is 2. The van der Waals surface area contributed by atoms with Crippen molar-refractivity contribution in [1.82, 2.24) is 15.8 Å². The number of aryl methyl sites for hydroxylation is 3. The number of carbonyl (C=O) groups is 2. The molecule has 4 aromatic rings. The Morgan fingerprint density at radius 1 is 1.19 bits per heavy atom. The van der Waals surface area contributed by atoms with E-state index in [0.29, 0.717) is 16.2 Å². The van der Waals surface area contributed by atoms with Gasteiger partial charge < -0.3 is 4.42 Å². The lowest BCUT2D eigenvalue weighted by atomic mass is 10.1. The molecule has 2 N–H and O–H groups in total. The molecule has 9 heteroatoms. The lowest BCUT2D eigenvalue weighted by Gasteiger charge is -2.06. The Morgan fingerprint density at radius 2 is 2.03 bits per heavy atom. The molecule has 158 valence electrons. The van der Waals surface area contributed by atoms with Crippen molar-refractivity contribution in [2.75, 3.05) is 0 Å². The zero-order valence-electron chi connectivity index (χ0n) is 16.7. The quantitative estimate of drug-likeness (QED) is 0.313. The third kappa shape index (κ3) is 4.13. The second-order valence-corrected chi connectivity index (χ2v) is 10.5. The number of para-hydroxylation sites is 1. The first-order chi connectivity index (χ1) is 15.1. The number of thioether (sulfide) groups is 1. The van der Waals surface area contributed by atoms with E-state index in [2.05, 4.69) is 15.8 Å². The monoisotopic (exact) mass is 469 g/mol. The van der Waals surface area contributed by atoms with Crippen LogP contribution in [0.15, 0.2) is 44.5 Å². The Balaban J connectivity index is 1.33. The van der Waals surface area contributed by atoms with E-state index in [0.717, 1.165) is 40.2 Å². The van der Waals surface area contributed by atoms with Crippen molar-refractivity contribution in [3.8, 4) is 0 Å². The topological polar surface area (TPSA) is 84.2 Å². The normalized spacial score (nSPS) is 12.8. The van der Waals surface area contributed by atoms with Crippen molar-refractivity contribution < 1.29 is 14.0 Å². The zero-order chi connectivity index (χ0) is 21.4. The highest BCUT2D eigenvalue weighted by molar-refractivity contribution is 8.00. The van der Waals surface area contributed by atoms with Gasteiger partial charge in [-0.1, -0.05) is 30.0 Å². The number of nitrogens with zero attached hydrogens (tertiary/aromatic N) is 1. The third-order valence-electron chi connectivity index (χ3n) is 5.10. The lowest BCUT2D eigenvalue weighted by Crippen LogP contribution is -2.41. The molecule has 0 aliphatic heterocycles. The first kappa shape index (κ1) is 20.3. The van der Waals surface area contributed by atoms with E-state index in [-0.39, 0.29) is 11.7 Å². The van der Waals surface area contributed by atoms with Gasteiger partial charge in [-0.05, 0) is 43.9 Å². The Labute approximate surface area is 191 Å².